The molecule has 0 unspecified atom stereocenters. The van der Waals surface area contributed by atoms with Gasteiger partial charge in [0.2, 0.25) is 0 Å². The first-order valence-corrected chi connectivity index (χ1v) is 3.04. The zero-order chi connectivity index (χ0) is 8.15. The maximum atomic E-state index is 8.49. The van der Waals surface area contributed by atoms with Crippen molar-refractivity contribution < 1.29 is 0 Å². The van der Waals surface area contributed by atoms with Crippen LogP contribution in [0.1, 0.15) is 6.92 Å². The number of nitriles is 1. The predicted molar refractivity (Wildman–Crippen MR) is 46.0 cm³/mol. The van der Waals surface area contributed by atoms with E-state index >= 15 is 0 Å². The summed E-state index contributed by atoms with van der Waals surface area (Å²) in [5.41, 5.74) is 1.04. The van der Waals surface area contributed by atoms with E-state index in [-0.39, 0.29) is 0 Å². The molecule has 0 bridgehead atoms. The fraction of sp³-hybridized carbons (Fsp3) is 0.143. The van der Waals surface area contributed by atoms with Crippen LogP contribution in [-0.2, 0) is 0 Å². The van der Waals surface area contributed by atoms with E-state index in [0.29, 0.717) is 16.2 Å². The smallest absolute Gasteiger partial charge is 0.110 e. The molecule has 52 valence electrons. The van der Waals surface area contributed by atoms with Crippen LogP contribution in [0.4, 0.5) is 0 Å². The molecule has 0 saturated carbocycles. The van der Waals surface area contributed by atoms with Crippen LogP contribution in [0.3, 0.4) is 0 Å². The normalized spacial score (nSPS) is 11.3. The van der Waals surface area contributed by atoms with Crippen molar-refractivity contribution in [2.45, 2.75) is 6.92 Å². The highest BCUT2D eigenvalue weighted by Gasteiger charge is 1.99. The summed E-state index contributed by atoms with van der Waals surface area (Å²) in [5.74, 6) is 0. The molecule has 0 fully saturated rings. The zero-order valence-corrected chi connectivity index (χ0v) is 6.65. The van der Waals surface area contributed by atoms with Gasteiger partial charge in [-0.25, -0.2) is 0 Å². The van der Waals surface area contributed by atoms with Crippen LogP contribution in [0.2, 0.25) is 0 Å². The molecular weight excluding hydrogens is 144 g/mol. The molecule has 0 spiro atoms. The van der Waals surface area contributed by atoms with Gasteiger partial charge < -0.3 is 0 Å². The summed E-state index contributed by atoms with van der Waals surface area (Å²) < 4.78 is 0. The Labute approximate surface area is 66.0 Å². The Morgan fingerprint density at radius 1 is 1.70 bits per heavy atom. The van der Waals surface area contributed by atoms with Gasteiger partial charge in [0.15, 0.2) is 0 Å². The Bertz CT molecular complexity index is 232. The van der Waals surface area contributed by atoms with E-state index in [4.69, 9.17) is 5.26 Å². The number of nitrogens with zero attached hydrogens (tertiary/aromatic N) is 2. The van der Waals surface area contributed by atoms with Crippen molar-refractivity contribution in [1.82, 2.24) is 0 Å². The Kier molecular flexibility index (Phi) is 3.52. The third-order valence-corrected chi connectivity index (χ3v) is 1.28. The van der Waals surface area contributed by atoms with Crippen molar-refractivity contribution in [1.29, 1.82) is 5.26 Å². The molecule has 3 heteroatoms. The lowest BCUT2D eigenvalue weighted by Crippen LogP contribution is -1.81. The monoisotopic (exact) mass is 152 g/mol. The summed E-state index contributed by atoms with van der Waals surface area (Å²) in [6.07, 6.45) is 0. The molecule has 0 aromatic rings. The minimum absolute atomic E-state index is 0.329. The molecule has 0 radical (unpaired) electrons. The average Bonchev–Trinajstić information content (AvgIpc) is 1.88. The summed E-state index contributed by atoms with van der Waals surface area (Å²) in [7, 11) is 0. The quantitative estimate of drug-likeness (QED) is 0.279. The van der Waals surface area contributed by atoms with Crippen LogP contribution < -0.4 is 0 Å². The van der Waals surface area contributed by atoms with Gasteiger partial charge in [0, 0.05) is 0 Å². The topological polar surface area (TPSA) is 36.1 Å². The SMILES string of the molecule is C=N/C(S)=C(/C#N)C(=C)C. The maximum Gasteiger partial charge on any atom is 0.110 e. The van der Waals surface area contributed by atoms with E-state index in [0.717, 1.165) is 0 Å². The molecule has 0 aliphatic heterocycles. The summed E-state index contributed by atoms with van der Waals surface area (Å²) >= 11 is 3.91. The van der Waals surface area contributed by atoms with Crippen molar-refractivity contribution >= 4 is 19.3 Å². The van der Waals surface area contributed by atoms with Gasteiger partial charge in [-0.05, 0) is 19.2 Å². The predicted octanol–water partition coefficient (Wildman–Crippen LogP) is 1.93. The van der Waals surface area contributed by atoms with Crippen molar-refractivity contribution in [2.75, 3.05) is 0 Å². The molecule has 0 aromatic heterocycles. The number of hydrogen-bond donors (Lipinski definition) is 1. The molecule has 10 heavy (non-hydrogen) atoms. The second-order valence-corrected chi connectivity index (χ2v) is 2.17. The lowest BCUT2D eigenvalue weighted by atomic mass is 10.2. The van der Waals surface area contributed by atoms with Crippen LogP contribution >= 0.6 is 12.6 Å². The van der Waals surface area contributed by atoms with E-state index in [1.165, 1.54) is 0 Å². The standard InChI is InChI=1S/C7H8N2S/c1-5(2)6(4-8)7(10)9-3/h10H,1,3H2,2H3/b7-6+. The molecule has 0 rings (SSSR count). The number of thiol groups is 1. The fourth-order valence-corrected chi connectivity index (χ4v) is 0.656. The third kappa shape index (κ3) is 2.08. The molecule has 0 amide bonds. The van der Waals surface area contributed by atoms with Gasteiger partial charge in [-0.15, -0.1) is 12.6 Å². The van der Waals surface area contributed by atoms with Gasteiger partial charge in [0.25, 0.3) is 0 Å². The van der Waals surface area contributed by atoms with Gasteiger partial charge in [0.1, 0.15) is 11.1 Å². The highest BCUT2D eigenvalue weighted by atomic mass is 32.1. The fourth-order valence-electron chi connectivity index (χ4n) is 0.415. The van der Waals surface area contributed by atoms with E-state index in [1.54, 1.807) is 6.92 Å². The lowest BCUT2D eigenvalue weighted by Gasteiger charge is -1.95. The second kappa shape index (κ2) is 3.91. The van der Waals surface area contributed by atoms with Crippen LogP contribution in [0.25, 0.3) is 0 Å². The average molecular weight is 152 g/mol. The van der Waals surface area contributed by atoms with Gasteiger partial charge in [0.05, 0.1) is 5.57 Å². The highest BCUT2D eigenvalue weighted by molar-refractivity contribution is 7.84. The minimum Gasteiger partial charge on any atom is -0.257 e. The van der Waals surface area contributed by atoms with Gasteiger partial charge in [-0.3, -0.25) is 4.99 Å². The van der Waals surface area contributed by atoms with Crippen LogP contribution in [0.15, 0.2) is 27.7 Å². The Hall–Kier alpha value is -1.01. The Morgan fingerprint density at radius 2 is 2.20 bits per heavy atom. The van der Waals surface area contributed by atoms with Crippen molar-refractivity contribution in [3.8, 4) is 6.07 Å². The number of rotatable bonds is 2. The number of aliphatic imine (C=N–C) groups is 1. The lowest BCUT2D eigenvalue weighted by molar-refractivity contribution is 1.37. The zero-order valence-electron chi connectivity index (χ0n) is 5.76. The summed E-state index contributed by atoms with van der Waals surface area (Å²) in [6, 6.07) is 1.92. The Morgan fingerprint density at radius 3 is 2.30 bits per heavy atom. The molecule has 0 saturated heterocycles. The van der Waals surface area contributed by atoms with Crippen LogP contribution in [-0.4, -0.2) is 6.72 Å². The summed E-state index contributed by atoms with van der Waals surface area (Å²) in [5, 5.41) is 8.82. The van der Waals surface area contributed by atoms with Gasteiger partial charge in [-0.1, -0.05) is 6.58 Å². The molecule has 2 nitrogen and oxygen atoms in total. The molecule has 0 aromatic carbocycles. The Balaban J connectivity index is 4.86. The van der Waals surface area contributed by atoms with Crippen molar-refractivity contribution in [3.05, 3.63) is 22.8 Å². The molecule has 0 aliphatic carbocycles. The largest absolute Gasteiger partial charge is 0.257 e. The summed E-state index contributed by atoms with van der Waals surface area (Å²) in [4.78, 5) is 3.49. The van der Waals surface area contributed by atoms with Crippen molar-refractivity contribution in [3.63, 3.8) is 0 Å². The molecule has 0 heterocycles. The first kappa shape index (κ1) is 8.99. The maximum absolute atomic E-state index is 8.49. The van der Waals surface area contributed by atoms with Crippen molar-refractivity contribution in [2.24, 2.45) is 4.99 Å². The van der Waals surface area contributed by atoms with E-state index < -0.39 is 0 Å². The number of allylic oxidation sites excluding steroid dienone is 2. The van der Waals surface area contributed by atoms with Crippen LogP contribution in [0.5, 0.6) is 0 Å². The van der Waals surface area contributed by atoms with Gasteiger partial charge in [-0.2, -0.15) is 5.26 Å². The number of hydrogen-bond acceptors (Lipinski definition) is 3. The summed E-state index contributed by atoms with van der Waals surface area (Å²) in [6.45, 7) is 8.54. The minimum atomic E-state index is 0.329. The first-order chi connectivity index (χ1) is 4.63. The van der Waals surface area contributed by atoms with E-state index in [9.17, 15) is 0 Å². The van der Waals surface area contributed by atoms with Gasteiger partial charge >= 0.3 is 0 Å². The molecule has 0 aliphatic rings. The molecule has 0 N–H and O–H groups in total. The molecular formula is C7H8N2S. The van der Waals surface area contributed by atoms with E-state index in [2.05, 4.69) is 30.9 Å². The van der Waals surface area contributed by atoms with E-state index in [1.807, 2.05) is 6.07 Å². The highest BCUT2D eigenvalue weighted by Crippen LogP contribution is 2.15. The van der Waals surface area contributed by atoms with Crippen LogP contribution in [0, 0.1) is 11.3 Å². The second-order valence-electron chi connectivity index (χ2n) is 1.75. The molecule has 0 atom stereocenters. The first-order valence-electron chi connectivity index (χ1n) is 2.59. The third-order valence-electron chi connectivity index (χ3n) is 0.912.